The molecule has 1 aliphatic heterocycles. The summed E-state index contributed by atoms with van der Waals surface area (Å²) in [5.41, 5.74) is 0. The highest BCUT2D eigenvalue weighted by Crippen LogP contribution is 2.30. The maximum absolute atomic E-state index is 12.1. The summed E-state index contributed by atoms with van der Waals surface area (Å²) in [5.74, 6) is 1.55. The van der Waals surface area contributed by atoms with Crippen molar-refractivity contribution in [1.82, 2.24) is 14.7 Å². The second-order valence-corrected chi connectivity index (χ2v) is 7.97. The molecular weight excluding hydrogens is 338 g/mol. The molecule has 1 saturated carbocycles. The second-order valence-electron chi connectivity index (χ2n) is 5.76. The third-order valence-electron chi connectivity index (χ3n) is 4.10. The predicted octanol–water partition coefficient (Wildman–Crippen LogP) is 2.78. The number of likely N-dealkylation sites (tertiary alicyclic amines) is 1. The van der Waals surface area contributed by atoms with Crippen LogP contribution >= 0.6 is 27.7 Å². The van der Waals surface area contributed by atoms with Gasteiger partial charge in [0.1, 0.15) is 0 Å². The van der Waals surface area contributed by atoms with Crippen LogP contribution in [0.5, 0.6) is 0 Å². The van der Waals surface area contributed by atoms with Crippen molar-refractivity contribution in [3.63, 3.8) is 0 Å². The summed E-state index contributed by atoms with van der Waals surface area (Å²) in [6.45, 7) is 2.69. The zero-order valence-electron chi connectivity index (χ0n) is 11.5. The van der Waals surface area contributed by atoms with Crippen LogP contribution in [0.4, 0.5) is 0 Å². The molecule has 1 aromatic heterocycles. The molecule has 110 valence electrons. The number of carbonyl (C=O) groups is 1. The van der Waals surface area contributed by atoms with Gasteiger partial charge in [0.05, 0.1) is 16.4 Å². The van der Waals surface area contributed by atoms with E-state index in [1.165, 1.54) is 25.7 Å². The smallest absolute Gasteiger partial charge is 0.232 e. The van der Waals surface area contributed by atoms with E-state index >= 15 is 0 Å². The van der Waals surface area contributed by atoms with Gasteiger partial charge in [0.15, 0.2) is 0 Å². The molecule has 0 aromatic carbocycles. The maximum Gasteiger partial charge on any atom is 0.232 e. The van der Waals surface area contributed by atoms with Crippen molar-refractivity contribution >= 4 is 33.6 Å². The van der Waals surface area contributed by atoms with E-state index in [9.17, 15) is 4.79 Å². The number of hydrogen-bond donors (Lipinski definition) is 0. The lowest BCUT2D eigenvalue weighted by Crippen LogP contribution is -2.52. The van der Waals surface area contributed by atoms with Gasteiger partial charge in [-0.05, 0) is 28.8 Å². The van der Waals surface area contributed by atoms with Crippen molar-refractivity contribution in [3.05, 3.63) is 16.9 Å². The van der Waals surface area contributed by atoms with Crippen molar-refractivity contribution in [1.29, 1.82) is 0 Å². The van der Waals surface area contributed by atoms with Crippen molar-refractivity contribution in [2.75, 3.05) is 18.8 Å². The lowest BCUT2D eigenvalue weighted by Gasteiger charge is -2.39. The maximum atomic E-state index is 12.1. The molecule has 1 saturated heterocycles. The molecule has 1 aliphatic carbocycles. The molecule has 0 spiro atoms. The van der Waals surface area contributed by atoms with Crippen LogP contribution in [0.2, 0.25) is 0 Å². The molecule has 6 heteroatoms. The summed E-state index contributed by atoms with van der Waals surface area (Å²) in [7, 11) is 0. The Hall–Kier alpha value is -0.490. The average Bonchev–Trinajstić information content (AvgIpc) is 3.02. The molecule has 0 atom stereocenters. The lowest BCUT2D eigenvalue weighted by molar-refractivity contribution is -0.134. The minimum Gasteiger partial charge on any atom is -0.341 e. The highest BCUT2D eigenvalue weighted by Gasteiger charge is 2.31. The number of carbonyl (C=O) groups excluding carboxylic acids is 1. The number of rotatable bonds is 5. The highest BCUT2D eigenvalue weighted by molar-refractivity contribution is 9.10. The average molecular weight is 358 g/mol. The molecule has 20 heavy (non-hydrogen) atoms. The molecule has 0 radical (unpaired) electrons. The molecule has 1 amide bonds. The Labute approximate surface area is 132 Å². The van der Waals surface area contributed by atoms with Crippen LogP contribution in [-0.4, -0.2) is 44.7 Å². The molecule has 2 fully saturated rings. The van der Waals surface area contributed by atoms with E-state index in [1.54, 1.807) is 6.20 Å². The number of amides is 1. The standard InChI is InChI=1S/C14H20BrN3OS/c15-12-5-16-18(9-12)8-11-6-17(7-11)14(19)10-20-13-3-1-2-4-13/h5,9,11,13H,1-4,6-8,10H2. The van der Waals surface area contributed by atoms with E-state index in [4.69, 9.17) is 0 Å². The topological polar surface area (TPSA) is 38.1 Å². The summed E-state index contributed by atoms with van der Waals surface area (Å²) in [4.78, 5) is 14.1. The summed E-state index contributed by atoms with van der Waals surface area (Å²) in [5, 5.41) is 4.99. The van der Waals surface area contributed by atoms with Crippen molar-refractivity contribution in [3.8, 4) is 0 Å². The van der Waals surface area contributed by atoms with Crippen LogP contribution in [-0.2, 0) is 11.3 Å². The predicted molar refractivity (Wildman–Crippen MR) is 84.7 cm³/mol. The van der Waals surface area contributed by atoms with Crippen LogP contribution in [0.15, 0.2) is 16.9 Å². The molecule has 0 bridgehead atoms. The second kappa shape index (κ2) is 6.52. The highest BCUT2D eigenvalue weighted by atomic mass is 79.9. The van der Waals surface area contributed by atoms with Crippen LogP contribution in [0.25, 0.3) is 0 Å². The van der Waals surface area contributed by atoms with Gasteiger partial charge in [0, 0.05) is 37.0 Å². The molecule has 2 aliphatic rings. The van der Waals surface area contributed by atoms with Gasteiger partial charge < -0.3 is 4.90 Å². The Balaban J connectivity index is 1.35. The first-order valence-electron chi connectivity index (χ1n) is 7.28. The van der Waals surface area contributed by atoms with Gasteiger partial charge in [-0.2, -0.15) is 5.10 Å². The summed E-state index contributed by atoms with van der Waals surface area (Å²) in [6, 6.07) is 0. The Bertz CT molecular complexity index is 467. The number of hydrogen-bond acceptors (Lipinski definition) is 3. The molecule has 3 rings (SSSR count). The van der Waals surface area contributed by atoms with Gasteiger partial charge in [-0.25, -0.2) is 0 Å². The van der Waals surface area contributed by atoms with E-state index in [0.717, 1.165) is 29.4 Å². The number of halogens is 1. The van der Waals surface area contributed by atoms with Crippen LogP contribution in [0, 0.1) is 5.92 Å². The third kappa shape index (κ3) is 3.58. The summed E-state index contributed by atoms with van der Waals surface area (Å²) < 4.78 is 2.96. The van der Waals surface area contributed by atoms with E-state index in [-0.39, 0.29) is 0 Å². The molecule has 0 N–H and O–H groups in total. The Morgan fingerprint density at radius 1 is 1.40 bits per heavy atom. The normalized spacial score (nSPS) is 20.4. The summed E-state index contributed by atoms with van der Waals surface area (Å²) >= 11 is 5.26. The van der Waals surface area contributed by atoms with Crippen LogP contribution < -0.4 is 0 Å². The van der Waals surface area contributed by atoms with E-state index in [1.807, 2.05) is 27.5 Å². The molecule has 1 aromatic rings. The van der Waals surface area contributed by atoms with Crippen molar-refractivity contribution in [2.24, 2.45) is 5.92 Å². The quantitative estimate of drug-likeness (QED) is 0.813. The fourth-order valence-electron chi connectivity index (χ4n) is 2.93. The molecule has 4 nitrogen and oxygen atoms in total. The van der Waals surface area contributed by atoms with Gasteiger partial charge in [0.2, 0.25) is 5.91 Å². The van der Waals surface area contributed by atoms with Gasteiger partial charge in [0.25, 0.3) is 0 Å². The first-order chi connectivity index (χ1) is 9.70. The zero-order valence-corrected chi connectivity index (χ0v) is 13.9. The molecule has 0 unspecified atom stereocenters. The minimum atomic E-state index is 0.319. The van der Waals surface area contributed by atoms with E-state index in [2.05, 4.69) is 21.0 Å². The lowest BCUT2D eigenvalue weighted by atomic mass is 10.0. The van der Waals surface area contributed by atoms with Crippen molar-refractivity contribution in [2.45, 2.75) is 37.5 Å². The van der Waals surface area contributed by atoms with Gasteiger partial charge >= 0.3 is 0 Å². The summed E-state index contributed by atoms with van der Waals surface area (Å²) in [6.07, 6.45) is 9.08. The van der Waals surface area contributed by atoms with E-state index in [0.29, 0.717) is 17.6 Å². The SMILES string of the molecule is O=C(CSC1CCCC1)N1CC(Cn2cc(Br)cn2)C1. The monoisotopic (exact) mass is 357 g/mol. The zero-order chi connectivity index (χ0) is 13.9. The number of nitrogens with zero attached hydrogens (tertiary/aromatic N) is 3. The number of aromatic nitrogens is 2. The van der Waals surface area contributed by atoms with Gasteiger partial charge in [-0.15, -0.1) is 11.8 Å². The van der Waals surface area contributed by atoms with E-state index < -0.39 is 0 Å². The van der Waals surface area contributed by atoms with Crippen molar-refractivity contribution < 1.29 is 4.79 Å². The largest absolute Gasteiger partial charge is 0.341 e. The fraction of sp³-hybridized carbons (Fsp3) is 0.714. The van der Waals surface area contributed by atoms with Crippen LogP contribution in [0.1, 0.15) is 25.7 Å². The first kappa shape index (κ1) is 14.4. The Morgan fingerprint density at radius 3 is 2.80 bits per heavy atom. The third-order valence-corrected chi connectivity index (χ3v) is 5.87. The number of thioether (sulfide) groups is 1. The van der Waals surface area contributed by atoms with Gasteiger partial charge in [-0.3, -0.25) is 9.48 Å². The fourth-order valence-corrected chi connectivity index (χ4v) is 4.48. The van der Waals surface area contributed by atoms with Crippen LogP contribution in [0.3, 0.4) is 0 Å². The minimum absolute atomic E-state index is 0.319. The first-order valence-corrected chi connectivity index (χ1v) is 9.12. The Morgan fingerprint density at radius 2 is 2.15 bits per heavy atom. The molecular formula is C14H20BrN3OS. The van der Waals surface area contributed by atoms with Gasteiger partial charge in [-0.1, -0.05) is 12.8 Å². The molecule has 2 heterocycles. The Kier molecular flexibility index (Phi) is 4.71.